The van der Waals surface area contributed by atoms with E-state index in [2.05, 4.69) is 4.98 Å². The lowest BCUT2D eigenvalue weighted by molar-refractivity contribution is -0.131. The van der Waals surface area contributed by atoms with Gasteiger partial charge in [-0.05, 0) is 44.5 Å². The van der Waals surface area contributed by atoms with E-state index in [1.807, 2.05) is 6.92 Å². The number of H-pyrrole nitrogens is 1. The number of aromatic amines is 1. The molecule has 2 rings (SSSR count). The second-order valence-electron chi connectivity index (χ2n) is 6.93. The van der Waals surface area contributed by atoms with Gasteiger partial charge in [0.05, 0.1) is 0 Å². The molecule has 28 heavy (non-hydrogen) atoms. The van der Waals surface area contributed by atoms with Gasteiger partial charge in [-0.1, -0.05) is 13.3 Å². The molecule has 0 fully saturated rings. The maximum Gasteiger partial charge on any atom is 0.330 e. The molecule has 1 amide bonds. The van der Waals surface area contributed by atoms with Crippen LogP contribution in [0.2, 0.25) is 0 Å². The van der Waals surface area contributed by atoms with Crippen LogP contribution >= 0.6 is 0 Å². The van der Waals surface area contributed by atoms with Crippen LogP contribution in [-0.4, -0.2) is 28.1 Å². The van der Waals surface area contributed by atoms with Crippen molar-refractivity contribution in [2.24, 2.45) is 0 Å². The van der Waals surface area contributed by atoms with Gasteiger partial charge in [0.15, 0.2) is 11.3 Å². The summed E-state index contributed by atoms with van der Waals surface area (Å²) in [6, 6.07) is 5.23. The fourth-order valence-corrected chi connectivity index (χ4v) is 2.79. The average molecular weight is 392 g/mol. The molecule has 2 aromatic rings. The van der Waals surface area contributed by atoms with Crippen LogP contribution < -0.4 is 26.6 Å². The fourth-order valence-electron chi connectivity index (χ4n) is 2.79. The Morgan fingerprint density at radius 1 is 1.29 bits per heavy atom. The zero-order valence-electron chi connectivity index (χ0n) is 16.4. The fraction of sp³-hybridized carbons (Fsp3) is 0.421. The molecular formula is C19H25FN4O4. The maximum atomic E-state index is 13.1. The normalized spacial score (nSPS) is 11.3. The zero-order chi connectivity index (χ0) is 21.1. The number of halogens is 1. The summed E-state index contributed by atoms with van der Waals surface area (Å²) in [5, 5.41) is 0. The summed E-state index contributed by atoms with van der Waals surface area (Å²) < 4.78 is 20.0. The van der Waals surface area contributed by atoms with Crippen molar-refractivity contribution in [2.45, 2.75) is 45.8 Å². The first-order chi connectivity index (χ1) is 13.1. The van der Waals surface area contributed by atoms with Gasteiger partial charge in [-0.2, -0.15) is 0 Å². The van der Waals surface area contributed by atoms with E-state index in [1.54, 1.807) is 0 Å². The van der Waals surface area contributed by atoms with Gasteiger partial charge < -0.3 is 15.4 Å². The highest BCUT2D eigenvalue weighted by Gasteiger charge is 2.35. The van der Waals surface area contributed by atoms with Crippen molar-refractivity contribution < 1.29 is 13.9 Å². The Kier molecular flexibility index (Phi) is 6.27. The monoisotopic (exact) mass is 392 g/mol. The number of likely N-dealkylation sites (N-methyl/N-ethyl adjacent to an activating group) is 1. The molecule has 0 aliphatic carbocycles. The van der Waals surface area contributed by atoms with Crippen molar-refractivity contribution in [3.8, 4) is 5.75 Å². The van der Waals surface area contributed by atoms with Crippen LogP contribution in [0.5, 0.6) is 5.75 Å². The van der Waals surface area contributed by atoms with Gasteiger partial charge in [0.25, 0.3) is 11.5 Å². The van der Waals surface area contributed by atoms with Crippen molar-refractivity contribution in [1.82, 2.24) is 9.55 Å². The van der Waals surface area contributed by atoms with Crippen LogP contribution in [0.1, 0.15) is 33.6 Å². The van der Waals surface area contributed by atoms with Gasteiger partial charge in [-0.25, -0.2) is 9.18 Å². The van der Waals surface area contributed by atoms with E-state index < -0.39 is 28.6 Å². The Morgan fingerprint density at radius 2 is 1.89 bits per heavy atom. The van der Waals surface area contributed by atoms with E-state index in [9.17, 15) is 18.8 Å². The summed E-state index contributed by atoms with van der Waals surface area (Å²) in [6.07, 6.45) is 1.51. The first-order valence-electron chi connectivity index (χ1n) is 8.93. The second-order valence-corrected chi connectivity index (χ2v) is 6.93. The number of ether oxygens (including phenoxy) is 1. The van der Waals surface area contributed by atoms with E-state index >= 15 is 0 Å². The SMILES string of the molecule is CCCCn1c(N)c(N(C)C(=O)C(C)(C)Oc2ccc(F)cc2)c(=O)[nH]c1=O. The summed E-state index contributed by atoms with van der Waals surface area (Å²) in [7, 11) is 1.38. The number of benzene rings is 1. The van der Waals surface area contributed by atoms with Crippen LogP contribution in [0.3, 0.4) is 0 Å². The number of nitrogen functional groups attached to an aromatic ring is 1. The number of nitrogens with two attached hydrogens (primary N) is 1. The maximum absolute atomic E-state index is 13.1. The van der Waals surface area contributed by atoms with Crippen molar-refractivity contribution in [3.63, 3.8) is 0 Å². The topological polar surface area (TPSA) is 110 Å². The summed E-state index contributed by atoms with van der Waals surface area (Å²) in [5.41, 5.74) is 3.15. The molecule has 8 nitrogen and oxygen atoms in total. The number of unbranched alkanes of at least 4 members (excludes halogenated alkanes) is 1. The van der Waals surface area contributed by atoms with Crippen molar-refractivity contribution in [3.05, 3.63) is 50.9 Å². The molecule has 0 atom stereocenters. The van der Waals surface area contributed by atoms with Gasteiger partial charge in [0.2, 0.25) is 0 Å². The largest absolute Gasteiger partial charge is 0.478 e. The molecule has 0 aliphatic rings. The summed E-state index contributed by atoms with van der Waals surface area (Å²) >= 11 is 0. The van der Waals surface area contributed by atoms with E-state index in [0.29, 0.717) is 18.7 Å². The van der Waals surface area contributed by atoms with E-state index in [4.69, 9.17) is 10.5 Å². The zero-order valence-corrected chi connectivity index (χ0v) is 16.4. The van der Waals surface area contributed by atoms with E-state index in [1.165, 1.54) is 49.7 Å². The number of carbonyl (C=O) groups is 1. The smallest absolute Gasteiger partial charge is 0.330 e. The molecule has 0 saturated heterocycles. The number of carbonyl (C=O) groups excluding carboxylic acids is 1. The number of nitrogens with zero attached hydrogens (tertiary/aromatic N) is 2. The summed E-state index contributed by atoms with van der Waals surface area (Å²) in [5.74, 6) is -0.782. The van der Waals surface area contributed by atoms with Gasteiger partial charge >= 0.3 is 5.69 Å². The first-order valence-corrected chi connectivity index (χ1v) is 8.93. The first kappa shape index (κ1) is 21.2. The predicted molar refractivity (Wildman–Crippen MR) is 105 cm³/mol. The third-order valence-corrected chi connectivity index (χ3v) is 4.29. The number of amides is 1. The van der Waals surface area contributed by atoms with Crippen LogP contribution in [-0.2, 0) is 11.3 Å². The summed E-state index contributed by atoms with van der Waals surface area (Å²) in [4.78, 5) is 40.6. The highest BCUT2D eigenvalue weighted by Crippen LogP contribution is 2.24. The number of hydrogen-bond acceptors (Lipinski definition) is 5. The third-order valence-electron chi connectivity index (χ3n) is 4.29. The Balaban J connectivity index is 2.37. The molecule has 0 saturated carbocycles. The molecule has 0 spiro atoms. The lowest BCUT2D eigenvalue weighted by Gasteiger charge is -2.30. The molecule has 0 bridgehead atoms. The molecule has 1 aromatic heterocycles. The number of anilines is 2. The van der Waals surface area contributed by atoms with Crippen molar-refractivity contribution >= 4 is 17.4 Å². The average Bonchev–Trinajstić information content (AvgIpc) is 2.62. The Hall–Kier alpha value is -3.10. The van der Waals surface area contributed by atoms with Gasteiger partial charge in [-0.15, -0.1) is 0 Å². The minimum atomic E-state index is -1.38. The molecule has 152 valence electrons. The molecule has 0 aliphatic heterocycles. The highest BCUT2D eigenvalue weighted by molar-refractivity contribution is 6.00. The minimum Gasteiger partial charge on any atom is -0.478 e. The Bertz CT molecular complexity index is 963. The van der Waals surface area contributed by atoms with Crippen LogP contribution in [0.15, 0.2) is 33.9 Å². The molecule has 3 N–H and O–H groups in total. The minimum absolute atomic E-state index is 0.0874. The standard InChI is InChI=1S/C19H25FN4O4/c1-5-6-11-24-15(21)14(16(25)22-18(24)27)23(4)17(26)19(2,3)28-13-9-7-12(20)8-10-13/h7-10H,5-6,11,21H2,1-4H3,(H,22,25,27). The van der Waals surface area contributed by atoms with Gasteiger partial charge in [0, 0.05) is 13.6 Å². The molecule has 1 aromatic carbocycles. The number of nitrogens with one attached hydrogen (secondary N) is 1. The molecular weight excluding hydrogens is 367 g/mol. The van der Waals surface area contributed by atoms with Crippen LogP contribution in [0.4, 0.5) is 15.9 Å². The van der Waals surface area contributed by atoms with Crippen molar-refractivity contribution in [2.75, 3.05) is 17.7 Å². The molecule has 1 heterocycles. The lowest BCUT2D eigenvalue weighted by atomic mass is 10.1. The van der Waals surface area contributed by atoms with Crippen LogP contribution in [0, 0.1) is 5.82 Å². The van der Waals surface area contributed by atoms with Crippen molar-refractivity contribution in [1.29, 1.82) is 0 Å². The summed E-state index contributed by atoms with van der Waals surface area (Å²) in [6.45, 7) is 5.32. The quantitative estimate of drug-likeness (QED) is 0.747. The van der Waals surface area contributed by atoms with E-state index in [0.717, 1.165) is 11.3 Å². The predicted octanol–water partition coefficient (Wildman–Crippen LogP) is 1.88. The third kappa shape index (κ3) is 4.41. The Labute approximate surface area is 161 Å². The number of hydrogen-bond donors (Lipinski definition) is 2. The highest BCUT2D eigenvalue weighted by atomic mass is 19.1. The lowest BCUT2D eigenvalue weighted by Crippen LogP contribution is -2.50. The number of aromatic nitrogens is 2. The molecule has 9 heteroatoms. The second kappa shape index (κ2) is 8.28. The van der Waals surface area contributed by atoms with Gasteiger partial charge in [-0.3, -0.25) is 19.1 Å². The van der Waals surface area contributed by atoms with E-state index in [-0.39, 0.29) is 11.5 Å². The van der Waals surface area contributed by atoms with Gasteiger partial charge in [0.1, 0.15) is 17.4 Å². The molecule has 0 unspecified atom stereocenters. The molecule has 0 radical (unpaired) electrons. The van der Waals surface area contributed by atoms with Crippen LogP contribution in [0.25, 0.3) is 0 Å². The number of rotatable bonds is 7. The Morgan fingerprint density at radius 3 is 2.46 bits per heavy atom.